The molecule has 0 radical (unpaired) electrons. The molecule has 0 fully saturated rings. The minimum absolute atomic E-state index is 0.182. The molecule has 1 aliphatic heterocycles. The predicted molar refractivity (Wildman–Crippen MR) is 176 cm³/mol. The van der Waals surface area contributed by atoms with Gasteiger partial charge < -0.3 is 5.11 Å². The second-order valence-corrected chi connectivity index (χ2v) is 13.0. The van der Waals surface area contributed by atoms with Crippen molar-refractivity contribution in [3.63, 3.8) is 0 Å². The maximum absolute atomic E-state index is 13.5. The monoisotopic (exact) mass is 618 g/mol. The highest BCUT2D eigenvalue weighted by molar-refractivity contribution is 8.08. The maximum Gasteiger partial charge on any atom is 0.240 e. The molecular weight excluding hydrogens is 599 g/mol. The van der Waals surface area contributed by atoms with Crippen molar-refractivity contribution in [3.05, 3.63) is 159 Å². The molecule has 7 rings (SSSR count). The van der Waals surface area contributed by atoms with Crippen LogP contribution in [0.2, 0.25) is 10.0 Å². The summed E-state index contributed by atoms with van der Waals surface area (Å²) in [5, 5.41) is 15.7. The van der Waals surface area contributed by atoms with Crippen molar-refractivity contribution >= 4 is 78.7 Å². The second kappa shape index (κ2) is 11.0. The molecule has 6 heteroatoms. The van der Waals surface area contributed by atoms with Crippen molar-refractivity contribution in [2.45, 2.75) is 4.90 Å². The molecule has 0 atom stereocenters. The Hall–Kier alpha value is -3.93. The molecule has 1 aliphatic carbocycles. The van der Waals surface area contributed by atoms with Gasteiger partial charge in [-0.2, -0.15) is 0 Å². The molecule has 0 spiro atoms. The van der Waals surface area contributed by atoms with Gasteiger partial charge in [0, 0.05) is 54.1 Å². The van der Waals surface area contributed by atoms with Crippen molar-refractivity contribution in [2.75, 3.05) is 0 Å². The molecule has 2 nitrogen and oxygen atoms in total. The Bertz CT molecular complexity index is 2040. The average molecular weight is 620 g/mol. The van der Waals surface area contributed by atoms with Gasteiger partial charge in [-0.15, -0.1) is 0 Å². The molecule has 2 aliphatic rings. The third-order valence-corrected chi connectivity index (χ3v) is 9.95. The van der Waals surface area contributed by atoms with Gasteiger partial charge in [-0.3, -0.25) is 4.79 Å². The van der Waals surface area contributed by atoms with Crippen LogP contribution in [0.15, 0.2) is 137 Å². The lowest BCUT2D eigenvalue weighted by atomic mass is 9.84. The van der Waals surface area contributed by atoms with Gasteiger partial charge in [-0.1, -0.05) is 95.3 Å². The number of hydrogen-bond donors (Lipinski definition) is 0. The number of ketones is 1. The number of allylic oxidation sites excluding steroid dienone is 5. The molecule has 0 N–H and O–H groups in total. The van der Waals surface area contributed by atoms with Crippen LogP contribution < -0.4 is 5.11 Å². The number of thioether (sulfide) groups is 1. The molecule has 0 saturated heterocycles. The summed E-state index contributed by atoms with van der Waals surface area (Å²) in [6.45, 7) is 0. The summed E-state index contributed by atoms with van der Waals surface area (Å²) in [5.41, 5.74) is 5.04. The van der Waals surface area contributed by atoms with Crippen molar-refractivity contribution < 1.29 is 9.90 Å². The van der Waals surface area contributed by atoms with Crippen LogP contribution in [-0.2, 0) is 4.79 Å². The second-order valence-electron chi connectivity index (χ2n) is 9.92. The van der Waals surface area contributed by atoms with Crippen LogP contribution in [0.4, 0.5) is 0 Å². The van der Waals surface area contributed by atoms with Crippen molar-refractivity contribution in [3.8, 4) is 10.4 Å². The molecule has 1 aromatic heterocycles. The first-order chi connectivity index (χ1) is 20.4. The molecule has 0 saturated carbocycles. The smallest absolute Gasteiger partial charge is 0.240 e. The van der Waals surface area contributed by atoms with E-state index in [-0.39, 0.29) is 22.7 Å². The zero-order valence-electron chi connectivity index (χ0n) is 21.9. The van der Waals surface area contributed by atoms with Gasteiger partial charge in [0.15, 0.2) is 5.78 Å². The lowest BCUT2D eigenvalue weighted by Gasteiger charge is -2.30. The van der Waals surface area contributed by atoms with Crippen molar-refractivity contribution in [1.29, 1.82) is 0 Å². The van der Waals surface area contributed by atoms with Gasteiger partial charge in [0.05, 0.1) is 0 Å². The number of carbonyl (C=O) groups excluding carboxylic acids is 1. The lowest BCUT2D eigenvalue weighted by Crippen LogP contribution is -2.29. The van der Waals surface area contributed by atoms with E-state index in [9.17, 15) is 9.90 Å². The molecule has 202 valence electrons. The number of benzene rings is 4. The van der Waals surface area contributed by atoms with Crippen LogP contribution in [-0.4, -0.2) is 5.78 Å². The Morgan fingerprint density at radius 3 is 2.19 bits per heavy atom. The molecule has 4 aromatic carbocycles. The van der Waals surface area contributed by atoms with Crippen molar-refractivity contribution in [1.82, 2.24) is 0 Å². The Labute approximate surface area is 261 Å². The topological polar surface area (TPSA) is 40.1 Å². The van der Waals surface area contributed by atoms with Crippen LogP contribution in [0, 0.1) is 0 Å². The number of carbonyl (C=O) groups is 1. The third kappa shape index (κ3) is 5.01. The minimum atomic E-state index is -0.258. The highest BCUT2D eigenvalue weighted by atomic mass is 35.5. The van der Waals surface area contributed by atoms with Gasteiger partial charge in [-0.25, -0.2) is 0 Å². The highest BCUT2D eigenvalue weighted by Gasteiger charge is 2.28. The standard InChI is InChI=1S/C36H20Cl2O2S2/c37-25-11-13-27-23(17-31(41-33(27)19-25)21-7-3-1-4-8-21)15-29-35(39)30(36(29)40)16-24-18-32(22-9-5-2-6-10-22)42-34-20-26(38)12-14-28(24)34/h1-20H. The summed E-state index contributed by atoms with van der Waals surface area (Å²) in [5.74, 6) is -0.515. The summed E-state index contributed by atoms with van der Waals surface area (Å²) in [4.78, 5) is 16.5. The normalized spacial score (nSPS) is 16.5. The molecular formula is C36H20Cl2O2S2. The predicted octanol–water partition coefficient (Wildman–Crippen LogP) is 9.97. The van der Waals surface area contributed by atoms with E-state index in [0.29, 0.717) is 10.0 Å². The first-order valence-corrected chi connectivity index (χ1v) is 15.6. The fraction of sp³-hybridized carbons (Fsp3) is 0. The van der Waals surface area contributed by atoms with E-state index in [1.165, 1.54) is 0 Å². The Morgan fingerprint density at radius 2 is 1.45 bits per heavy atom. The number of halogens is 2. The largest absolute Gasteiger partial charge is 0.871 e. The molecule has 0 bridgehead atoms. The number of rotatable bonds is 4. The average Bonchev–Trinajstić information content (AvgIpc) is 3.02. The minimum Gasteiger partial charge on any atom is -0.871 e. The fourth-order valence-corrected chi connectivity index (χ4v) is 7.90. The first kappa shape index (κ1) is 26.9. The summed E-state index contributed by atoms with van der Waals surface area (Å²) >= 11 is 15.9. The first-order valence-electron chi connectivity index (χ1n) is 13.2. The van der Waals surface area contributed by atoms with Crippen LogP contribution >= 0.6 is 46.3 Å². The van der Waals surface area contributed by atoms with E-state index in [1.54, 1.807) is 35.3 Å². The van der Waals surface area contributed by atoms with E-state index in [1.807, 2.05) is 109 Å². The van der Waals surface area contributed by atoms with E-state index >= 15 is 0 Å². The number of hydrogen-bond acceptors (Lipinski definition) is 3. The number of fused-ring (bicyclic) bond motifs is 2. The molecule has 0 unspecified atom stereocenters. The van der Waals surface area contributed by atoms with Crippen LogP contribution in [0.5, 0.6) is 0 Å². The Kier molecular flexibility index (Phi) is 7.09. The molecule has 42 heavy (non-hydrogen) atoms. The quantitative estimate of drug-likeness (QED) is 0.149. The maximum atomic E-state index is 13.5. The van der Waals surface area contributed by atoms with Crippen molar-refractivity contribution in [2.24, 2.45) is 0 Å². The molecule has 0 amide bonds. The zero-order valence-corrected chi connectivity index (χ0v) is 25.1. The van der Waals surface area contributed by atoms with Gasteiger partial charge in [0.2, 0.25) is 20.9 Å². The van der Waals surface area contributed by atoms with Gasteiger partial charge in [0.25, 0.3) is 0 Å². The Balaban J connectivity index is 1.33. The highest BCUT2D eigenvalue weighted by Crippen LogP contribution is 2.46. The van der Waals surface area contributed by atoms with Gasteiger partial charge in [0.1, 0.15) is 0 Å². The summed E-state index contributed by atoms with van der Waals surface area (Å²) < 4.78 is 0.981. The summed E-state index contributed by atoms with van der Waals surface area (Å²) in [6.07, 6.45) is 5.48. The molecule has 2 heterocycles. The summed E-state index contributed by atoms with van der Waals surface area (Å²) in [7, 11) is 0. The van der Waals surface area contributed by atoms with Gasteiger partial charge in [-0.05, 0) is 76.9 Å². The van der Waals surface area contributed by atoms with Crippen LogP contribution in [0.3, 0.4) is 0 Å². The van der Waals surface area contributed by atoms with E-state index in [2.05, 4.69) is 0 Å². The Morgan fingerprint density at radius 1 is 0.762 bits per heavy atom. The van der Waals surface area contributed by atoms with E-state index in [0.717, 1.165) is 52.6 Å². The van der Waals surface area contributed by atoms with Gasteiger partial charge >= 0.3 is 0 Å². The number of Topliss-reactive ketones (excluding diaryl/α,β-unsaturated/α-hetero) is 1. The molecule has 5 aromatic rings. The van der Waals surface area contributed by atoms with Crippen LogP contribution in [0.25, 0.3) is 37.1 Å². The van der Waals surface area contributed by atoms with Crippen LogP contribution in [0.1, 0.15) is 16.7 Å². The van der Waals surface area contributed by atoms with E-state index in [4.69, 9.17) is 23.2 Å². The zero-order chi connectivity index (χ0) is 28.8. The SMILES string of the molecule is O=C1C(/C=C2\C=C(c3ccccc3)Sc3cc(Cl)ccc32)=C([O-])C/1=C\c1cc(-c2ccccc2)[s+]c2cc(Cl)ccc12. The third-order valence-electron chi connectivity index (χ3n) is 7.22. The lowest BCUT2D eigenvalue weighted by molar-refractivity contribution is -0.300. The fourth-order valence-electron chi connectivity index (χ4n) is 5.11. The van der Waals surface area contributed by atoms with E-state index < -0.39 is 0 Å². The summed E-state index contributed by atoms with van der Waals surface area (Å²) in [6, 6.07) is 33.5.